The van der Waals surface area contributed by atoms with Gasteiger partial charge in [0.2, 0.25) is 0 Å². The summed E-state index contributed by atoms with van der Waals surface area (Å²) in [4.78, 5) is 14.6. The van der Waals surface area contributed by atoms with E-state index in [9.17, 15) is 13.6 Å². The molecule has 0 aliphatic carbocycles. The Morgan fingerprint density at radius 3 is 2.75 bits per heavy atom. The molecule has 1 aromatic heterocycles. The lowest BCUT2D eigenvalue weighted by Gasteiger charge is -2.08. The van der Waals surface area contributed by atoms with Gasteiger partial charge in [0.05, 0.1) is 23.3 Å². The number of carbonyl (C=O) groups excluding carboxylic acids is 1. The smallest absolute Gasteiger partial charge is 0.340 e. The van der Waals surface area contributed by atoms with E-state index in [0.717, 1.165) is 13.3 Å². The molecule has 1 heterocycles. The maximum atomic E-state index is 12.6. The normalized spacial score (nSPS) is 10.0. The van der Waals surface area contributed by atoms with Gasteiger partial charge in [-0.1, -0.05) is 11.6 Å². The summed E-state index contributed by atoms with van der Waals surface area (Å²) < 4.78 is 29.5. The van der Waals surface area contributed by atoms with Crippen LogP contribution in [0.3, 0.4) is 0 Å². The van der Waals surface area contributed by atoms with E-state index in [1.807, 2.05) is 0 Å². The molecule has 1 rings (SSSR count). The van der Waals surface area contributed by atoms with Crippen molar-refractivity contribution >= 4 is 17.6 Å². The molecule has 0 atom stereocenters. The fourth-order valence-corrected chi connectivity index (χ4v) is 1.34. The minimum Gasteiger partial charge on any atom is -0.465 e. The number of ether oxygens (including phenoxy) is 1. The second-order valence-electron chi connectivity index (χ2n) is 2.65. The van der Waals surface area contributed by atoms with E-state index in [2.05, 4.69) is 9.72 Å². The molecule has 0 bridgehead atoms. The highest BCUT2D eigenvalue weighted by Crippen LogP contribution is 2.31. The second kappa shape index (κ2) is 4.86. The van der Waals surface area contributed by atoms with Crippen LogP contribution in [0.1, 0.15) is 28.0 Å². The Morgan fingerprint density at radius 1 is 1.69 bits per heavy atom. The van der Waals surface area contributed by atoms with Crippen molar-refractivity contribution in [3.63, 3.8) is 0 Å². The Morgan fingerprint density at radius 2 is 2.31 bits per heavy atom. The van der Waals surface area contributed by atoms with Crippen molar-refractivity contribution in [1.82, 2.24) is 4.98 Å². The Bertz CT molecular complexity index is 471. The number of pyridine rings is 1. The molecular weight excluding hydrogens is 242 g/mol. The van der Waals surface area contributed by atoms with Crippen molar-refractivity contribution < 1.29 is 18.3 Å². The molecule has 0 aliphatic rings. The van der Waals surface area contributed by atoms with Gasteiger partial charge < -0.3 is 4.74 Å². The maximum absolute atomic E-state index is 12.6. The Hall–Kier alpha value is -1.74. The zero-order valence-corrected chi connectivity index (χ0v) is 8.76. The van der Waals surface area contributed by atoms with Crippen LogP contribution >= 0.6 is 11.6 Å². The molecular formula is C9H5ClF2N2O2. The number of alkyl halides is 2. The molecule has 1 aromatic rings. The second-order valence-corrected chi connectivity index (χ2v) is 3.03. The lowest BCUT2D eigenvalue weighted by atomic mass is 10.1. The van der Waals surface area contributed by atoms with Gasteiger partial charge in [-0.25, -0.2) is 18.6 Å². The summed E-state index contributed by atoms with van der Waals surface area (Å²) in [7, 11) is 1.08. The number of nitriles is 1. The monoisotopic (exact) mass is 246 g/mol. The number of aromatic nitrogens is 1. The third kappa shape index (κ3) is 2.09. The van der Waals surface area contributed by atoms with Gasteiger partial charge in [-0.2, -0.15) is 5.26 Å². The summed E-state index contributed by atoms with van der Waals surface area (Å²) in [5.41, 5.74) is -1.56. The molecule has 16 heavy (non-hydrogen) atoms. The lowest BCUT2D eigenvalue weighted by Crippen LogP contribution is -2.07. The van der Waals surface area contributed by atoms with Crippen molar-refractivity contribution in [2.45, 2.75) is 6.43 Å². The maximum Gasteiger partial charge on any atom is 0.340 e. The first-order valence-electron chi connectivity index (χ1n) is 3.97. The Balaban J connectivity index is 3.45. The quantitative estimate of drug-likeness (QED) is 0.752. The molecule has 84 valence electrons. The standard InChI is InChI=1S/C9H5ClF2N2O2/c1-16-9(15)4-3-14-5(2-13)6(7(4)10)8(11)12/h3,8H,1H3. The highest BCUT2D eigenvalue weighted by molar-refractivity contribution is 6.34. The van der Waals surface area contributed by atoms with E-state index in [4.69, 9.17) is 16.9 Å². The van der Waals surface area contributed by atoms with E-state index in [1.54, 1.807) is 0 Å². The number of methoxy groups -OCH3 is 1. The number of halogens is 3. The lowest BCUT2D eigenvalue weighted by molar-refractivity contribution is 0.0600. The van der Waals surface area contributed by atoms with Crippen LogP contribution in [0.15, 0.2) is 6.20 Å². The molecule has 0 saturated carbocycles. The first-order chi connectivity index (χ1) is 7.52. The molecule has 0 fully saturated rings. The molecule has 0 amide bonds. The van der Waals surface area contributed by atoms with Crippen LogP contribution in [-0.4, -0.2) is 18.1 Å². The summed E-state index contributed by atoms with van der Waals surface area (Å²) in [6.07, 6.45) is -2.06. The van der Waals surface area contributed by atoms with Gasteiger partial charge in [0.25, 0.3) is 6.43 Å². The number of carbonyl (C=O) groups is 1. The van der Waals surface area contributed by atoms with Crippen LogP contribution in [0.2, 0.25) is 5.02 Å². The van der Waals surface area contributed by atoms with E-state index >= 15 is 0 Å². The summed E-state index contributed by atoms with van der Waals surface area (Å²) in [5.74, 6) is -0.885. The fourth-order valence-electron chi connectivity index (χ4n) is 1.04. The summed E-state index contributed by atoms with van der Waals surface area (Å²) in [6, 6.07) is 1.47. The van der Waals surface area contributed by atoms with Crippen LogP contribution in [0.5, 0.6) is 0 Å². The molecule has 0 radical (unpaired) electrons. The van der Waals surface area contributed by atoms with Crippen molar-refractivity contribution in [2.75, 3.05) is 7.11 Å². The molecule has 0 N–H and O–H groups in total. The van der Waals surface area contributed by atoms with Gasteiger partial charge in [0.1, 0.15) is 6.07 Å². The van der Waals surface area contributed by atoms with E-state index in [1.165, 1.54) is 6.07 Å². The summed E-state index contributed by atoms with van der Waals surface area (Å²) in [6.45, 7) is 0. The van der Waals surface area contributed by atoms with Gasteiger partial charge in [-0.05, 0) is 0 Å². The molecule has 7 heteroatoms. The van der Waals surface area contributed by atoms with Crippen molar-refractivity contribution in [3.8, 4) is 6.07 Å². The first-order valence-corrected chi connectivity index (χ1v) is 4.35. The van der Waals surface area contributed by atoms with Gasteiger partial charge in [0, 0.05) is 6.20 Å². The SMILES string of the molecule is COC(=O)c1cnc(C#N)c(C(F)F)c1Cl. The van der Waals surface area contributed by atoms with Crippen molar-refractivity contribution in [1.29, 1.82) is 5.26 Å². The highest BCUT2D eigenvalue weighted by Gasteiger charge is 2.24. The average Bonchev–Trinajstić information content (AvgIpc) is 2.26. The largest absolute Gasteiger partial charge is 0.465 e. The number of rotatable bonds is 2. The zero-order valence-electron chi connectivity index (χ0n) is 8.00. The minimum absolute atomic E-state index is 0.293. The predicted octanol–water partition coefficient (Wildman–Crippen LogP) is 2.33. The van der Waals surface area contributed by atoms with Crippen LogP contribution in [0, 0.1) is 11.3 Å². The molecule has 0 aromatic carbocycles. The molecule has 0 saturated heterocycles. The molecule has 0 unspecified atom stereocenters. The molecule has 4 nitrogen and oxygen atoms in total. The van der Waals surface area contributed by atoms with Gasteiger partial charge in [0.15, 0.2) is 5.69 Å². The van der Waals surface area contributed by atoms with Crippen LogP contribution in [0.25, 0.3) is 0 Å². The van der Waals surface area contributed by atoms with E-state index < -0.39 is 28.7 Å². The minimum atomic E-state index is -2.99. The van der Waals surface area contributed by atoms with E-state index in [0.29, 0.717) is 0 Å². The highest BCUT2D eigenvalue weighted by atomic mass is 35.5. The average molecular weight is 247 g/mol. The van der Waals surface area contributed by atoms with Crippen LogP contribution < -0.4 is 0 Å². The zero-order chi connectivity index (χ0) is 12.3. The van der Waals surface area contributed by atoms with Gasteiger partial charge in [-0.15, -0.1) is 0 Å². The van der Waals surface area contributed by atoms with Crippen molar-refractivity contribution in [2.24, 2.45) is 0 Å². The Kier molecular flexibility index (Phi) is 3.74. The summed E-state index contributed by atoms with van der Waals surface area (Å²) in [5, 5.41) is 8.05. The summed E-state index contributed by atoms with van der Waals surface area (Å²) >= 11 is 5.59. The predicted molar refractivity (Wildman–Crippen MR) is 50.3 cm³/mol. The van der Waals surface area contributed by atoms with Gasteiger partial charge >= 0.3 is 5.97 Å². The third-order valence-corrected chi connectivity index (χ3v) is 2.19. The number of nitrogens with zero attached hydrogens (tertiary/aromatic N) is 2. The number of hydrogen-bond acceptors (Lipinski definition) is 4. The third-order valence-electron chi connectivity index (χ3n) is 1.78. The topological polar surface area (TPSA) is 63.0 Å². The number of hydrogen-bond donors (Lipinski definition) is 0. The fraction of sp³-hybridized carbons (Fsp3) is 0.222. The van der Waals surface area contributed by atoms with Crippen molar-refractivity contribution in [3.05, 3.63) is 28.0 Å². The molecule has 0 spiro atoms. The molecule has 0 aliphatic heterocycles. The van der Waals surface area contributed by atoms with E-state index in [-0.39, 0.29) is 5.56 Å². The number of esters is 1. The first kappa shape index (κ1) is 12.3. The Labute approximate surface area is 94.4 Å². The van der Waals surface area contributed by atoms with Crippen LogP contribution in [-0.2, 0) is 4.74 Å². The van der Waals surface area contributed by atoms with Crippen LogP contribution in [0.4, 0.5) is 8.78 Å². The van der Waals surface area contributed by atoms with Gasteiger partial charge in [-0.3, -0.25) is 0 Å².